The van der Waals surface area contributed by atoms with Crippen LogP contribution in [0.2, 0.25) is 0 Å². The second-order valence-corrected chi connectivity index (χ2v) is 6.86. The molecular formula is C16H31N2O10+. The number of hydrogen-bond donors (Lipinski definition) is 6. The van der Waals surface area contributed by atoms with Crippen molar-refractivity contribution in [1.82, 2.24) is 5.32 Å². The largest absolute Gasteiger partial charge is 0.394 e. The predicted octanol–water partition coefficient (Wildman–Crippen LogP) is -4.70. The molecule has 0 saturated carbocycles. The number of carbonyl (C=O) groups excluding carboxylic acids is 1. The normalized spacial score (nSPS) is 44.3. The number of carbonyl (C=O) groups is 1. The Balaban J connectivity index is 2.20. The van der Waals surface area contributed by atoms with E-state index in [1.807, 2.05) is 0 Å². The number of amides is 1. The minimum atomic E-state index is -1.32. The predicted molar refractivity (Wildman–Crippen MR) is 90.5 cm³/mol. The Hall–Kier alpha value is -0.930. The fourth-order valence-electron chi connectivity index (χ4n) is 3.53. The molecule has 0 spiro atoms. The van der Waals surface area contributed by atoms with Crippen molar-refractivity contribution >= 4 is 5.91 Å². The number of rotatable bonds is 7. The average Bonchev–Trinajstić information content (AvgIpc) is 2.67. The zero-order valence-electron chi connectivity index (χ0n) is 16.1. The van der Waals surface area contributed by atoms with Crippen molar-refractivity contribution < 1.29 is 54.6 Å². The third-order valence-electron chi connectivity index (χ3n) is 5.00. The highest BCUT2D eigenvalue weighted by Gasteiger charge is 2.52. The van der Waals surface area contributed by atoms with Gasteiger partial charge in [0.05, 0.1) is 13.2 Å². The number of hydrogen-bond acceptors (Lipinski definition) is 10. The summed E-state index contributed by atoms with van der Waals surface area (Å²) in [7, 11) is 2.71. The summed E-state index contributed by atoms with van der Waals surface area (Å²) in [5.74, 6) is -0.418. The van der Waals surface area contributed by atoms with E-state index in [9.17, 15) is 25.2 Å². The monoisotopic (exact) mass is 411 g/mol. The van der Waals surface area contributed by atoms with Gasteiger partial charge >= 0.3 is 0 Å². The molecule has 0 aromatic heterocycles. The third kappa shape index (κ3) is 4.79. The first kappa shape index (κ1) is 23.3. The van der Waals surface area contributed by atoms with E-state index in [4.69, 9.17) is 23.7 Å². The van der Waals surface area contributed by atoms with Gasteiger partial charge in [-0.15, -0.1) is 0 Å². The summed E-state index contributed by atoms with van der Waals surface area (Å²) >= 11 is 0. The summed E-state index contributed by atoms with van der Waals surface area (Å²) in [6, 6.07) is -1.79. The molecule has 0 bridgehead atoms. The molecule has 10 atom stereocenters. The molecule has 8 N–H and O–H groups in total. The Morgan fingerprint density at radius 1 is 1.00 bits per heavy atom. The Labute approximate surface area is 162 Å². The molecule has 0 radical (unpaired) electrons. The van der Waals surface area contributed by atoms with Gasteiger partial charge in [-0.2, -0.15) is 0 Å². The molecule has 28 heavy (non-hydrogen) atoms. The van der Waals surface area contributed by atoms with Crippen molar-refractivity contribution in [2.45, 2.75) is 68.2 Å². The fourth-order valence-corrected chi connectivity index (χ4v) is 3.53. The van der Waals surface area contributed by atoms with Crippen molar-refractivity contribution in [3.63, 3.8) is 0 Å². The van der Waals surface area contributed by atoms with Crippen molar-refractivity contribution in [2.75, 3.05) is 27.4 Å². The number of aliphatic hydroxyl groups is 4. The molecule has 1 amide bonds. The minimum Gasteiger partial charge on any atom is -0.394 e. The van der Waals surface area contributed by atoms with Crippen LogP contribution < -0.4 is 11.1 Å². The standard InChI is InChI=1S/C16H30N2O10/c1-6(21)18-10-12(23)14(8(5-20)27-16(10)25-3)28-15-9(17)11(22)13(24-2)7(4-19)26-15/h7-16,19-20,22-23H,4-5,17H2,1-3H3,(H,18,21)/p+1. The van der Waals surface area contributed by atoms with Gasteiger partial charge in [-0.25, -0.2) is 0 Å². The van der Waals surface area contributed by atoms with Crippen LogP contribution in [0.1, 0.15) is 6.92 Å². The molecular weight excluding hydrogens is 380 g/mol. The molecule has 0 aromatic carbocycles. The lowest BCUT2D eigenvalue weighted by Crippen LogP contribution is -2.79. The summed E-state index contributed by atoms with van der Waals surface area (Å²) < 4.78 is 27.4. The summed E-state index contributed by atoms with van der Waals surface area (Å²) in [6.07, 6.45) is -8.37. The molecule has 2 heterocycles. The summed E-state index contributed by atoms with van der Waals surface area (Å²) in [5.41, 5.74) is 3.83. The highest BCUT2D eigenvalue weighted by molar-refractivity contribution is 5.73. The van der Waals surface area contributed by atoms with Gasteiger partial charge in [0.25, 0.3) is 0 Å². The van der Waals surface area contributed by atoms with Crippen molar-refractivity contribution in [1.29, 1.82) is 0 Å². The molecule has 2 fully saturated rings. The maximum atomic E-state index is 11.5. The zero-order chi connectivity index (χ0) is 21.0. The SMILES string of the molecule is COC1OC(CO)C(OC2OC(CO)C(OC)C(O)C2[NH3+])C(O)C1NC(C)=O. The van der Waals surface area contributed by atoms with Gasteiger partial charge in [0, 0.05) is 21.1 Å². The second kappa shape index (κ2) is 10.2. The highest BCUT2D eigenvalue weighted by Crippen LogP contribution is 2.29. The lowest BCUT2D eigenvalue weighted by Gasteiger charge is -2.46. The number of nitrogens with one attached hydrogen (secondary N) is 1. The second-order valence-electron chi connectivity index (χ2n) is 6.86. The van der Waals surface area contributed by atoms with Gasteiger partial charge in [-0.3, -0.25) is 4.79 Å². The molecule has 12 heteroatoms. The summed E-state index contributed by atoms with van der Waals surface area (Å²) in [6.45, 7) is 0.335. The maximum Gasteiger partial charge on any atom is 0.217 e. The number of methoxy groups -OCH3 is 2. The highest BCUT2D eigenvalue weighted by atomic mass is 16.7. The van der Waals surface area contributed by atoms with Gasteiger partial charge in [-0.05, 0) is 0 Å². The first-order valence-corrected chi connectivity index (χ1v) is 8.99. The van der Waals surface area contributed by atoms with Crippen molar-refractivity contribution in [3.8, 4) is 0 Å². The molecule has 2 aliphatic heterocycles. The van der Waals surface area contributed by atoms with Gasteiger partial charge in [0.15, 0.2) is 12.3 Å². The lowest BCUT2D eigenvalue weighted by molar-refractivity contribution is -0.507. The quantitative estimate of drug-likeness (QED) is 0.238. The molecule has 0 aliphatic carbocycles. The number of ether oxygens (including phenoxy) is 5. The van der Waals surface area contributed by atoms with Gasteiger partial charge in [-0.1, -0.05) is 0 Å². The number of quaternary nitrogens is 1. The van der Waals surface area contributed by atoms with Crippen LogP contribution in [0.25, 0.3) is 0 Å². The summed E-state index contributed by atoms with van der Waals surface area (Å²) in [4.78, 5) is 11.5. The van der Waals surface area contributed by atoms with Gasteiger partial charge < -0.3 is 55.2 Å². The van der Waals surface area contributed by atoms with Crippen LogP contribution in [0.3, 0.4) is 0 Å². The Morgan fingerprint density at radius 3 is 2.07 bits per heavy atom. The van der Waals surface area contributed by atoms with Crippen LogP contribution in [-0.2, 0) is 28.5 Å². The molecule has 10 unspecified atom stereocenters. The van der Waals surface area contributed by atoms with Crippen LogP contribution in [0.15, 0.2) is 0 Å². The van der Waals surface area contributed by atoms with E-state index < -0.39 is 80.4 Å². The fraction of sp³-hybridized carbons (Fsp3) is 0.938. The van der Waals surface area contributed by atoms with Crippen LogP contribution >= 0.6 is 0 Å². The average molecular weight is 411 g/mol. The van der Waals surface area contributed by atoms with Crippen LogP contribution in [-0.4, -0.2) is 115 Å². The van der Waals surface area contributed by atoms with Gasteiger partial charge in [0.1, 0.15) is 42.7 Å². The minimum absolute atomic E-state index is 0.418. The molecule has 2 saturated heterocycles. The molecule has 164 valence electrons. The van der Waals surface area contributed by atoms with E-state index >= 15 is 0 Å². The zero-order valence-corrected chi connectivity index (χ0v) is 16.1. The Bertz CT molecular complexity index is 510. The van der Waals surface area contributed by atoms with Crippen molar-refractivity contribution in [3.05, 3.63) is 0 Å². The molecule has 0 aromatic rings. The Morgan fingerprint density at radius 2 is 1.57 bits per heavy atom. The van der Waals surface area contributed by atoms with E-state index in [1.54, 1.807) is 0 Å². The number of aliphatic hydroxyl groups excluding tert-OH is 4. The maximum absolute atomic E-state index is 11.5. The first-order chi connectivity index (χ1) is 13.3. The van der Waals surface area contributed by atoms with Crippen LogP contribution in [0, 0.1) is 0 Å². The lowest BCUT2D eigenvalue weighted by atomic mass is 9.95. The van der Waals surface area contributed by atoms with E-state index in [0.717, 1.165) is 0 Å². The van der Waals surface area contributed by atoms with E-state index in [1.165, 1.54) is 21.1 Å². The molecule has 2 aliphatic rings. The summed E-state index contributed by atoms with van der Waals surface area (Å²) in [5, 5.41) is 42.9. The third-order valence-corrected chi connectivity index (χ3v) is 5.00. The van der Waals surface area contributed by atoms with E-state index in [2.05, 4.69) is 11.1 Å². The topological polar surface area (TPSA) is 184 Å². The van der Waals surface area contributed by atoms with Crippen LogP contribution in [0.5, 0.6) is 0 Å². The molecule has 2 rings (SSSR count). The van der Waals surface area contributed by atoms with Gasteiger partial charge in [0.2, 0.25) is 12.2 Å². The van der Waals surface area contributed by atoms with E-state index in [0.29, 0.717) is 0 Å². The smallest absolute Gasteiger partial charge is 0.217 e. The van der Waals surface area contributed by atoms with Crippen molar-refractivity contribution in [2.24, 2.45) is 0 Å². The van der Waals surface area contributed by atoms with E-state index in [-0.39, 0.29) is 0 Å². The molecule has 12 nitrogen and oxygen atoms in total. The Kier molecular flexibility index (Phi) is 8.51. The van der Waals surface area contributed by atoms with Crippen LogP contribution in [0.4, 0.5) is 0 Å². The first-order valence-electron chi connectivity index (χ1n) is 8.99.